The normalized spacial score (nSPS) is 44.2. The lowest BCUT2D eigenvalue weighted by molar-refractivity contribution is -0.178. The molecule has 1 N–H and O–H groups in total. The van der Waals surface area contributed by atoms with E-state index in [1.165, 1.54) is 13.2 Å². The highest BCUT2D eigenvalue weighted by Crippen LogP contribution is 2.64. The standard InChI is InChI=1S/C21H30O5/c1-12-13(10-17(23)24)6-7-14-18(12)15(22)11-16-20(14,2)8-5-9-21(16,3)19(25)26-4/h10,12,14,16,18H,5-9,11H2,1-4H3,(H,23,24)/t12-,14+,16-,18+,20-,21+/m1/s1. The van der Waals surface area contributed by atoms with Gasteiger partial charge in [0, 0.05) is 18.4 Å². The zero-order chi connectivity index (χ0) is 19.3. The van der Waals surface area contributed by atoms with Crippen LogP contribution < -0.4 is 0 Å². The molecule has 5 heteroatoms. The SMILES string of the molecule is COC(=O)[C@@]1(C)CCC[C@@]2(C)[C@H]1CC(=O)[C@H]1[C@H](C)C(=CC(=O)O)CC[C@@H]12. The minimum absolute atomic E-state index is 0.00199. The summed E-state index contributed by atoms with van der Waals surface area (Å²) in [4.78, 5) is 36.8. The molecule has 3 saturated carbocycles. The van der Waals surface area contributed by atoms with Crippen LogP contribution in [0, 0.1) is 34.5 Å². The smallest absolute Gasteiger partial charge is 0.328 e. The van der Waals surface area contributed by atoms with Crippen LogP contribution in [0.2, 0.25) is 0 Å². The molecule has 3 fully saturated rings. The largest absolute Gasteiger partial charge is 0.478 e. The lowest BCUT2D eigenvalue weighted by atomic mass is 9.43. The maximum absolute atomic E-state index is 13.1. The first-order chi connectivity index (χ1) is 12.1. The molecular formula is C21H30O5. The molecule has 0 radical (unpaired) electrons. The molecule has 3 aliphatic rings. The van der Waals surface area contributed by atoms with Gasteiger partial charge in [-0.15, -0.1) is 0 Å². The van der Waals surface area contributed by atoms with Crippen molar-refractivity contribution in [2.45, 2.75) is 59.3 Å². The first-order valence-corrected chi connectivity index (χ1v) is 9.69. The zero-order valence-corrected chi connectivity index (χ0v) is 16.2. The van der Waals surface area contributed by atoms with E-state index >= 15 is 0 Å². The topological polar surface area (TPSA) is 80.7 Å². The molecule has 3 rings (SSSR count). The van der Waals surface area contributed by atoms with E-state index in [2.05, 4.69) is 6.92 Å². The molecule has 6 atom stereocenters. The number of carboxylic acid groups (broad SMARTS) is 1. The number of allylic oxidation sites excluding steroid dienone is 1. The van der Waals surface area contributed by atoms with E-state index in [1.807, 2.05) is 13.8 Å². The maximum atomic E-state index is 13.1. The Kier molecular flexibility index (Phi) is 4.78. The Labute approximate surface area is 155 Å². The predicted molar refractivity (Wildman–Crippen MR) is 96.3 cm³/mol. The number of carboxylic acids is 1. The van der Waals surface area contributed by atoms with Crippen molar-refractivity contribution in [3.63, 3.8) is 0 Å². The lowest BCUT2D eigenvalue weighted by Crippen LogP contribution is -2.59. The number of esters is 1. The van der Waals surface area contributed by atoms with Crippen molar-refractivity contribution in [2.24, 2.45) is 34.5 Å². The van der Waals surface area contributed by atoms with E-state index in [0.29, 0.717) is 6.42 Å². The Bertz CT molecular complexity index is 665. The molecule has 0 amide bonds. The van der Waals surface area contributed by atoms with Crippen LogP contribution in [0.4, 0.5) is 0 Å². The van der Waals surface area contributed by atoms with Gasteiger partial charge in [0.25, 0.3) is 0 Å². The molecule has 0 aromatic carbocycles. The average Bonchev–Trinajstić information content (AvgIpc) is 2.58. The first-order valence-electron chi connectivity index (χ1n) is 9.69. The lowest BCUT2D eigenvalue weighted by Gasteiger charge is -2.60. The van der Waals surface area contributed by atoms with Crippen LogP contribution in [0.25, 0.3) is 0 Å². The molecule has 0 heterocycles. The van der Waals surface area contributed by atoms with Gasteiger partial charge in [-0.2, -0.15) is 0 Å². The quantitative estimate of drug-likeness (QED) is 0.599. The van der Waals surface area contributed by atoms with Gasteiger partial charge in [0.05, 0.1) is 12.5 Å². The van der Waals surface area contributed by atoms with Crippen LogP contribution in [-0.2, 0) is 19.1 Å². The van der Waals surface area contributed by atoms with Crippen LogP contribution in [-0.4, -0.2) is 29.9 Å². The zero-order valence-electron chi connectivity index (χ0n) is 16.2. The Morgan fingerprint density at radius 3 is 2.58 bits per heavy atom. The highest BCUT2D eigenvalue weighted by Gasteiger charge is 2.62. The number of carbonyl (C=O) groups is 3. The molecule has 0 spiro atoms. The summed E-state index contributed by atoms with van der Waals surface area (Å²) in [7, 11) is 1.43. The van der Waals surface area contributed by atoms with E-state index in [4.69, 9.17) is 9.84 Å². The van der Waals surface area contributed by atoms with Crippen LogP contribution >= 0.6 is 0 Å². The van der Waals surface area contributed by atoms with Crippen LogP contribution in [0.1, 0.15) is 59.3 Å². The third-order valence-electron chi connectivity index (χ3n) is 7.86. The number of ketones is 1. The van der Waals surface area contributed by atoms with E-state index in [9.17, 15) is 14.4 Å². The summed E-state index contributed by atoms with van der Waals surface area (Å²) in [5.41, 5.74) is 0.187. The van der Waals surface area contributed by atoms with Gasteiger partial charge in [-0.3, -0.25) is 9.59 Å². The van der Waals surface area contributed by atoms with Crippen molar-refractivity contribution >= 4 is 17.7 Å². The first kappa shape index (κ1) is 19.1. The number of carbonyl (C=O) groups excluding carboxylic acids is 2. The summed E-state index contributed by atoms with van der Waals surface area (Å²) in [6, 6.07) is 0. The molecule has 3 aliphatic carbocycles. The van der Waals surface area contributed by atoms with Gasteiger partial charge in [-0.1, -0.05) is 25.8 Å². The second kappa shape index (κ2) is 6.50. The number of rotatable bonds is 2. The fourth-order valence-corrected chi connectivity index (χ4v) is 6.54. The average molecular weight is 362 g/mol. The van der Waals surface area contributed by atoms with Crippen molar-refractivity contribution in [1.29, 1.82) is 0 Å². The van der Waals surface area contributed by atoms with Gasteiger partial charge >= 0.3 is 11.9 Å². The van der Waals surface area contributed by atoms with Crippen LogP contribution in [0.5, 0.6) is 0 Å². The summed E-state index contributed by atoms with van der Waals surface area (Å²) in [5, 5.41) is 9.13. The number of methoxy groups -OCH3 is 1. The van der Waals surface area contributed by atoms with Gasteiger partial charge in [0.1, 0.15) is 5.78 Å². The summed E-state index contributed by atoms with van der Waals surface area (Å²) in [5.74, 6) is -0.903. The Morgan fingerprint density at radius 1 is 1.27 bits per heavy atom. The highest BCUT2D eigenvalue weighted by molar-refractivity contribution is 5.86. The minimum atomic E-state index is -0.937. The Morgan fingerprint density at radius 2 is 1.96 bits per heavy atom. The summed E-state index contributed by atoms with van der Waals surface area (Å²) in [6.45, 7) is 6.22. The molecule has 5 nitrogen and oxygen atoms in total. The number of Topliss-reactive ketones (excluding diaryl/α,β-unsaturated/α-hetero) is 1. The minimum Gasteiger partial charge on any atom is -0.478 e. The summed E-state index contributed by atoms with van der Waals surface area (Å²) in [6.07, 6.45) is 5.98. The highest BCUT2D eigenvalue weighted by atomic mass is 16.5. The van der Waals surface area contributed by atoms with Gasteiger partial charge in [-0.05, 0) is 55.8 Å². The molecule has 144 valence electrons. The second-order valence-corrected chi connectivity index (χ2v) is 9.01. The molecular weight excluding hydrogens is 332 g/mol. The molecule has 0 aliphatic heterocycles. The Hall–Kier alpha value is -1.65. The molecule has 0 unspecified atom stereocenters. The third-order valence-corrected chi connectivity index (χ3v) is 7.86. The van der Waals surface area contributed by atoms with Crippen molar-refractivity contribution in [2.75, 3.05) is 7.11 Å². The number of fused-ring (bicyclic) bond motifs is 3. The van der Waals surface area contributed by atoms with E-state index in [0.717, 1.165) is 37.7 Å². The second-order valence-electron chi connectivity index (χ2n) is 9.01. The summed E-state index contributed by atoms with van der Waals surface area (Å²) >= 11 is 0. The number of aliphatic carboxylic acids is 1. The summed E-state index contributed by atoms with van der Waals surface area (Å²) < 4.78 is 5.12. The molecule has 0 aromatic rings. The van der Waals surface area contributed by atoms with E-state index < -0.39 is 11.4 Å². The van der Waals surface area contributed by atoms with E-state index in [-0.39, 0.29) is 40.8 Å². The third kappa shape index (κ3) is 2.71. The molecule has 0 saturated heterocycles. The predicted octanol–water partition coefficient (Wildman–Crippen LogP) is 3.62. The Balaban J connectivity index is 1.99. The van der Waals surface area contributed by atoms with Crippen molar-refractivity contribution < 1.29 is 24.2 Å². The van der Waals surface area contributed by atoms with Gasteiger partial charge in [-0.25, -0.2) is 4.79 Å². The number of hydrogen-bond donors (Lipinski definition) is 1. The number of hydrogen-bond acceptors (Lipinski definition) is 4. The van der Waals surface area contributed by atoms with Crippen molar-refractivity contribution in [1.82, 2.24) is 0 Å². The van der Waals surface area contributed by atoms with Crippen molar-refractivity contribution in [3.8, 4) is 0 Å². The molecule has 26 heavy (non-hydrogen) atoms. The van der Waals surface area contributed by atoms with Gasteiger partial charge < -0.3 is 9.84 Å². The fourth-order valence-electron chi connectivity index (χ4n) is 6.54. The maximum Gasteiger partial charge on any atom is 0.328 e. The molecule has 0 bridgehead atoms. The fraction of sp³-hybridized carbons (Fsp3) is 0.762. The van der Waals surface area contributed by atoms with Crippen molar-refractivity contribution in [3.05, 3.63) is 11.6 Å². The van der Waals surface area contributed by atoms with Gasteiger partial charge in [0.15, 0.2) is 0 Å². The van der Waals surface area contributed by atoms with E-state index in [1.54, 1.807) is 0 Å². The molecule has 0 aromatic heterocycles. The van der Waals surface area contributed by atoms with Crippen LogP contribution in [0.15, 0.2) is 11.6 Å². The monoisotopic (exact) mass is 362 g/mol. The van der Waals surface area contributed by atoms with Crippen LogP contribution in [0.3, 0.4) is 0 Å². The van der Waals surface area contributed by atoms with Gasteiger partial charge in [0.2, 0.25) is 0 Å². The number of ether oxygens (including phenoxy) is 1.